The molecule has 1 amide bonds. The topological polar surface area (TPSA) is 53.4 Å². The Kier molecular flexibility index (Phi) is 5.11. The lowest BCUT2D eigenvalue weighted by Crippen LogP contribution is -2.40. The lowest BCUT2D eigenvalue weighted by atomic mass is 9.87. The number of likely N-dealkylation sites (tertiary alicyclic amines) is 1. The van der Waals surface area contributed by atoms with Gasteiger partial charge in [-0.1, -0.05) is 23.7 Å². The van der Waals surface area contributed by atoms with E-state index < -0.39 is 11.9 Å². The van der Waals surface area contributed by atoms with Crippen molar-refractivity contribution in [2.24, 2.45) is 5.92 Å². The summed E-state index contributed by atoms with van der Waals surface area (Å²) in [5.41, 5.74) is 0.867. The Morgan fingerprint density at radius 2 is 1.92 bits per heavy atom. The summed E-state index contributed by atoms with van der Waals surface area (Å²) in [6.45, 7) is 0.992. The largest absolute Gasteiger partial charge is 0.388 e. The molecule has 1 N–H and O–H groups in total. The Bertz CT molecular complexity index is 715. The van der Waals surface area contributed by atoms with Gasteiger partial charge >= 0.3 is 0 Å². The third-order valence-corrected chi connectivity index (χ3v) is 4.74. The smallest absolute Gasteiger partial charge is 0.256 e. The van der Waals surface area contributed by atoms with Crippen molar-refractivity contribution in [2.75, 3.05) is 13.1 Å². The maximum atomic E-state index is 13.7. The molecule has 1 saturated heterocycles. The van der Waals surface area contributed by atoms with E-state index in [-0.39, 0.29) is 17.4 Å². The lowest BCUT2D eigenvalue weighted by molar-refractivity contribution is 0.0459. The second kappa shape index (κ2) is 7.28. The molecular weight excluding hydrogens is 331 g/mol. The lowest BCUT2D eigenvalue weighted by Gasteiger charge is -2.34. The number of aliphatic hydroxyl groups excluding tert-OH is 1. The number of pyridine rings is 1. The highest BCUT2D eigenvalue weighted by Gasteiger charge is 2.29. The Morgan fingerprint density at radius 1 is 1.25 bits per heavy atom. The van der Waals surface area contributed by atoms with Gasteiger partial charge in [0.05, 0.1) is 17.9 Å². The monoisotopic (exact) mass is 348 g/mol. The molecular formula is C18H18ClFN2O2. The van der Waals surface area contributed by atoms with Crippen LogP contribution in [0, 0.1) is 11.7 Å². The van der Waals surface area contributed by atoms with Crippen LogP contribution in [0.25, 0.3) is 0 Å². The maximum Gasteiger partial charge on any atom is 0.256 e. The van der Waals surface area contributed by atoms with Crippen molar-refractivity contribution in [3.8, 4) is 0 Å². The van der Waals surface area contributed by atoms with E-state index in [9.17, 15) is 14.3 Å². The van der Waals surface area contributed by atoms with Gasteiger partial charge in [-0.3, -0.25) is 9.78 Å². The molecule has 1 aliphatic rings. The minimum atomic E-state index is -0.606. The molecule has 2 heterocycles. The average molecular weight is 349 g/mol. The van der Waals surface area contributed by atoms with Crippen LogP contribution in [0.1, 0.15) is 34.9 Å². The van der Waals surface area contributed by atoms with E-state index >= 15 is 0 Å². The van der Waals surface area contributed by atoms with Gasteiger partial charge in [-0.05, 0) is 42.5 Å². The van der Waals surface area contributed by atoms with E-state index in [1.54, 1.807) is 17.0 Å². The summed E-state index contributed by atoms with van der Waals surface area (Å²) in [6.07, 6.45) is 3.21. The third kappa shape index (κ3) is 3.57. The number of aliphatic hydroxyl groups is 1. The molecule has 0 bridgehead atoms. The number of halogens is 2. The zero-order valence-corrected chi connectivity index (χ0v) is 13.8. The number of amides is 1. The number of hydrogen-bond acceptors (Lipinski definition) is 3. The number of carbonyl (C=O) groups excluding carboxylic acids is 1. The molecule has 126 valence electrons. The fraction of sp³-hybridized carbons (Fsp3) is 0.333. The standard InChI is InChI=1S/C18H18ClFN2O2/c19-14-3-1-12(2-4-14)17(23)13-6-9-22(10-7-13)18(24)15-5-8-21-11-16(15)20/h1-5,8,11,13,17,23H,6-7,9-10H2/t17-/m1/s1. The fourth-order valence-electron chi connectivity index (χ4n) is 3.07. The number of hydrogen-bond donors (Lipinski definition) is 1. The van der Waals surface area contributed by atoms with Crippen LogP contribution < -0.4 is 0 Å². The second-order valence-electron chi connectivity index (χ2n) is 5.98. The predicted octanol–water partition coefficient (Wildman–Crippen LogP) is 3.46. The van der Waals surface area contributed by atoms with Crippen molar-refractivity contribution in [2.45, 2.75) is 18.9 Å². The highest BCUT2D eigenvalue weighted by atomic mass is 35.5. The molecule has 0 saturated carbocycles. The van der Waals surface area contributed by atoms with Crippen LogP contribution in [0.2, 0.25) is 5.02 Å². The highest BCUT2D eigenvalue weighted by Crippen LogP contribution is 2.31. The van der Waals surface area contributed by atoms with Crippen molar-refractivity contribution in [1.29, 1.82) is 0 Å². The summed E-state index contributed by atoms with van der Waals surface area (Å²) in [5.74, 6) is -0.863. The molecule has 1 atom stereocenters. The van der Waals surface area contributed by atoms with E-state index in [2.05, 4.69) is 4.98 Å². The normalized spacial score (nSPS) is 16.9. The average Bonchev–Trinajstić information content (AvgIpc) is 2.62. The predicted molar refractivity (Wildman–Crippen MR) is 89.2 cm³/mol. The van der Waals surface area contributed by atoms with Crippen LogP contribution >= 0.6 is 11.6 Å². The van der Waals surface area contributed by atoms with E-state index in [1.165, 1.54) is 12.3 Å². The van der Waals surface area contributed by atoms with Crippen LogP contribution in [0.3, 0.4) is 0 Å². The molecule has 0 spiro atoms. The maximum absolute atomic E-state index is 13.7. The fourth-order valence-corrected chi connectivity index (χ4v) is 3.20. The first-order valence-electron chi connectivity index (χ1n) is 7.88. The van der Waals surface area contributed by atoms with Gasteiger partial charge in [-0.25, -0.2) is 4.39 Å². The number of aromatic nitrogens is 1. The van der Waals surface area contributed by atoms with Gasteiger partial charge in [0.2, 0.25) is 0 Å². The van der Waals surface area contributed by atoms with Gasteiger partial charge in [-0.2, -0.15) is 0 Å². The molecule has 1 aromatic heterocycles. The Morgan fingerprint density at radius 3 is 2.54 bits per heavy atom. The van der Waals surface area contributed by atoms with Crippen molar-refractivity contribution < 1.29 is 14.3 Å². The molecule has 0 unspecified atom stereocenters. The van der Waals surface area contributed by atoms with Gasteiger partial charge in [0.15, 0.2) is 5.82 Å². The van der Waals surface area contributed by atoms with Gasteiger partial charge < -0.3 is 10.0 Å². The number of rotatable bonds is 3. The quantitative estimate of drug-likeness (QED) is 0.924. The molecule has 1 aromatic carbocycles. The second-order valence-corrected chi connectivity index (χ2v) is 6.42. The minimum absolute atomic E-state index is 0.0432. The summed E-state index contributed by atoms with van der Waals surface area (Å²) in [4.78, 5) is 17.7. The molecule has 1 aliphatic heterocycles. The molecule has 24 heavy (non-hydrogen) atoms. The van der Waals surface area contributed by atoms with E-state index in [1.807, 2.05) is 12.1 Å². The first-order valence-corrected chi connectivity index (χ1v) is 8.26. The molecule has 6 heteroatoms. The molecule has 0 radical (unpaired) electrons. The van der Waals surface area contributed by atoms with Crippen LogP contribution in [0.4, 0.5) is 4.39 Å². The van der Waals surface area contributed by atoms with E-state index in [4.69, 9.17) is 11.6 Å². The van der Waals surface area contributed by atoms with Crippen LogP contribution in [-0.2, 0) is 0 Å². The number of piperidine rings is 1. The van der Waals surface area contributed by atoms with Crippen LogP contribution in [0.5, 0.6) is 0 Å². The first kappa shape index (κ1) is 16.9. The zero-order valence-electron chi connectivity index (χ0n) is 13.0. The summed E-state index contributed by atoms with van der Waals surface area (Å²) in [6, 6.07) is 8.54. The Labute approximate surface area is 144 Å². The van der Waals surface area contributed by atoms with Gasteiger partial charge in [0.1, 0.15) is 0 Å². The van der Waals surface area contributed by atoms with Crippen molar-refractivity contribution >= 4 is 17.5 Å². The van der Waals surface area contributed by atoms with Gasteiger partial charge in [0, 0.05) is 24.3 Å². The molecule has 2 aromatic rings. The number of benzene rings is 1. The first-order chi connectivity index (χ1) is 11.6. The van der Waals surface area contributed by atoms with E-state index in [0.717, 1.165) is 11.8 Å². The van der Waals surface area contributed by atoms with Gasteiger partial charge in [-0.15, -0.1) is 0 Å². The summed E-state index contributed by atoms with van der Waals surface area (Å²) in [5, 5.41) is 11.1. The van der Waals surface area contributed by atoms with Crippen LogP contribution in [0.15, 0.2) is 42.7 Å². The highest BCUT2D eigenvalue weighted by molar-refractivity contribution is 6.30. The van der Waals surface area contributed by atoms with Crippen molar-refractivity contribution in [3.63, 3.8) is 0 Å². The van der Waals surface area contributed by atoms with Crippen LogP contribution in [-0.4, -0.2) is 34.0 Å². The SMILES string of the molecule is O=C(c1ccncc1F)N1CCC([C@H](O)c2ccc(Cl)cc2)CC1. The molecule has 0 aliphatic carbocycles. The number of carbonyl (C=O) groups is 1. The van der Waals surface area contributed by atoms with Gasteiger partial charge in [0.25, 0.3) is 5.91 Å². The molecule has 3 rings (SSSR count). The Balaban J connectivity index is 1.62. The zero-order chi connectivity index (χ0) is 17.1. The molecule has 1 fully saturated rings. The minimum Gasteiger partial charge on any atom is -0.388 e. The summed E-state index contributed by atoms with van der Waals surface area (Å²) >= 11 is 5.87. The van der Waals surface area contributed by atoms with Crippen molar-refractivity contribution in [3.05, 3.63) is 64.7 Å². The third-order valence-electron chi connectivity index (χ3n) is 4.49. The number of nitrogens with zero attached hydrogens (tertiary/aromatic N) is 2. The summed E-state index contributed by atoms with van der Waals surface area (Å²) < 4.78 is 13.7. The Hall–Kier alpha value is -1.98. The molecule has 4 nitrogen and oxygen atoms in total. The van der Waals surface area contributed by atoms with E-state index in [0.29, 0.717) is 31.0 Å². The summed E-state index contributed by atoms with van der Waals surface area (Å²) in [7, 11) is 0. The van der Waals surface area contributed by atoms with Crippen molar-refractivity contribution in [1.82, 2.24) is 9.88 Å².